The van der Waals surface area contributed by atoms with E-state index in [-0.39, 0.29) is 16.8 Å². The molecule has 0 aliphatic rings. The Kier molecular flexibility index (Phi) is 3.42. The largest absolute Gasteiger partial charge is 0.316 e. The molecule has 1 N–H and O–H groups in total. The summed E-state index contributed by atoms with van der Waals surface area (Å²) >= 11 is 0. The molecule has 0 aliphatic carbocycles. The van der Waals surface area contributed by atoms with E-state index in [9.17, 15) is 14.0 Å². The summed E-state index contributed by atoms with van der Waals surface area (Å²) in [6, 6.07) is 8.64. The molecule has 0 atom stereocenters. The fourth-order valence-electron chi connectivity index (χ4n) is 2.13. The first kappa shape index (κ1) is 13.9. The van der Waals surface area contributed by atoms with E-state index in [1.54, 1.807) is 12.3 Å². The molecule has 1 amide bonds. The second-order valence-corrected chi connectivity index (χ2v) is 4.82. The molecule has 0 spiro atoms. The molecule has 5 nitrogen and oxygen atoms in total. The Morgan fingerprint density at radius 1 is 1.23 bits per heavy atom. The van der Waals surface area contributed by atoms with Gasteiger partial charge in [0.2, 0.25) is 0 Å². The highest BCUT2D eigenvalue weighted by atomic mass is 19.1. The van der Waals surface area contributed by atoms with Crippen LogP contribution >= 0.6 is 0 Å². The van der Waals surface area contributed by atoms with Crippen LogP contribution in [0.5, 0.6) is 0 Å². The van der Waals surface area contributed by atoms with E-state index in [0.29, 0.717) is 5.65 Å². The van der Waals surface area contributed by atoms with Gasteiger partial charge in [-0.1, -0.05) is 6.07 Å². The number of hydrogen-bond acceptors (Lipinski definition) is 3. The van der Waals surface area contributed by atoms with Crippen molar-refractivity contribution in [3.63, 3.8) is 0 Å². The smallest absolute Gasteiger partial charge is 0.281 e. The maximum atomic E-state index is 12.9. The summed E-state index contributed by atoms with van der Waals surface area (Å²) in [7, 11) is 0. The molecule has 2 aromatic heterocycles. The molecular formula is C16H12FN3O2. The predicted octanol–water partition coefficient (Wildman–Crippen LogP) is 2.39. The van der Waals surface area contributed by atoms with Crippen molar-refractivity contribution in [3.8, 4) is 0 Å². The summed E-state index contributed by atoms with van der Waals surface area (Å²) in [5.74, 6) is -0.925. The van der Waals surface area contributed by atoms with Gasteiger partial charge in [0.1, 0.15) is 17.2 Å². The minimum atomic E-state index is -0.494. The van der Waals surface area contributed by atoms with Crippen LogP contribution in [0.15, 0.2) is 53.6 Å². The van der Waals surface area contributed by atoms with Crippen molar-refractivity contribution < 1.29 is 9.18 Å². The van der Waals surface area contributed by atoms with Crippen LogP contribution in [-0.2, 0) is 0 Å². The number of halogens is 1. The lowest BCUT2D eigenvalue weighted by atomic mass is 10.2. The number of pyridine rings is 1. The second kappa shape index (κ2) is 5.40. The standard InChI is InChI=1S/C16H12FN3O2/c1-10-3-2-8-20-14(10)18-9-13(16(20)22)19-15(21)11-4-6-12(17)7-5-11/h2-9H,1H3,(H,19,21). The number of fused-ring (bicyclic) bond motifs is 1. The van der Waals surface area contributed by atoms with Crippen LogP contribution in [0, 0.1) is 12.7 Å². The van der Waals surface area contributed by atoms with E-state index in [1.165, 1.54) is 34.9 Å². The van der Waals surface area contributed by atoms with E-state index < -0.39 is 11.7 Å². The summed E-state index contributed by atoms with van der Waals surface area (Å²) in [5.41, 5.74) is 1.35. The van der Waals surface area contributed by atoms with Crippen LogP contribution in [0.4, 0.5) is 10.1 Å². The quantitative estimate of drug-likeness (QED) is 0.790. The van der Waals surface area contributed by atoms with Gasteiger partial charge >= 0.3 is 0 Å². The number of hydrogen-bond donors (Lipinski definition) is 1. The van der Waals surface area contributed by atoms with Crippen LogP contribution in [0.2, 0.25) is 0 Å². The minimum Gasteiger partial charge on any atom is -0.316 e. The van der Waals surface area contributed by atoms with E-state index in [1.807, 2.05) is 13.0 Å². The molecule has 3 aromatic rings. The van der Waals surface area contributed by atoms with Crippen LogP contribution < -0.4 is 10.9 Å². The average molecular weight is 297 g/mol. The Morgan fingerprint density at radius 2 is 1.95 bits per heavy atom. The zero-order valence-corrected chi connectivity index (χ0v) is 11.7. The molecule has 2 heterocycles. The zero-order valence-electron chi connectivity index (χ0n) is 11.7. The number of benzene rings is 1. The number of aryl methyl sites for hydroxylation is 1. The summed E-state index contributed by atoms with van der Waals surface area (Å²) in [6.45, 7) is 1.85. The van der Waals surface area contributed by atoms with Gasteiger partial charge < -0.3 is 5.32 Å². The monoisotopic (exact) mass is 297 g/mol. The molecule has 1 aromatic carbocycles. The molecule has 0 fully saturated rings. The SMILES string of the molecule is Cc1cccn2c(=O)c(NC(=O)c3ccc(F)cc3)cnc12. The normalized spacial score (nSPS) is 10.6. The number of nitrogens with zero attached hydrogens (tertiary/aromatic N) is 2. The van der Waals surface area contributed by atoms with Crippen molar-refractivity contribution in [2.24, 2.45) is 0 Å². The highest BCUT2D eigenvalue weighted by Crippen LogP contribution is 2.09. The lowest BCUT2D eigenvalue weighted by Gasteiger charge is -2.07. The Balaban J connectivity index is 1.97. The molecular weight excluding hydrogens is 285 g/mol. The van der Waals surface area contributed by atoms with Crippen molar-refractivity contribution in [1.82, 2.24) is 9.38 Å². The number of amides is 1. The van der Waals surface area contributed by atoms with Crippen molar-refractivity contribution >= 4 is 17.2 Å². The number of carbonyl (C=O) groups is 1. The molecule has 0 unspecified atom stereocenters. The van der Waals surface area contributed by atoms with E-state index in [2.05, 4.69) is 10.3 Å². The summed E-state index contributed by atoms with van der Waals surface area (Å²) in [6.07, 6.45) is 2.91. The third-order valence-electron chi connectivity index (χ3n) is 3.28. The number of carbonyl (C=O) groups excluding carboxylic acids is 1. The molecule has 0 saturated carbocycles. The van der Waals surface area contributed by atoms with E-state index in [0.717, 1.165) is 5.56 Å². The van der Waals surface area contributed by atoms with Crippen molar-refractivity contribution in [2.45, 2.75) is 6.92 Å². The Morgan fingerprint density at radius 3 is 2.68 bits per heavy atom. The highest BCUT2D eigenvalue weighted by Gasteiger charge is 2.11. The first-order valence-corrected chi connectivity index (χ1v) is 6.60. The minimum absolute atomic E-state index is 0.0671. The fraction of sp³-hybridized carbons (Fsp3) is 0.0625. The van der Waals surface area contributed by atoms with Gasteiger partial charge in [-0.15, -0.1) is 0 Å². The third kappa shape index (κ3) is 2.46. The predicted molar refractivity (Wildman–Crippen MR) is 80.6 cm³/mol. The maximum Gasteiger partial charge on any atom is 0.281 e. The highest BCUT2D eigenvalue weighted by molar-refractivity contribution is 6.04. The second-order valence-electron chi connectivity index (χ2n) is 4.82. The molecule has 0 radical (unpaired) electrons. The topological polar surface area (TPSA) is 63.5 Å². The summed E-state index contributed by atoms with van der Waals surface area (Å²) in [4.78, 5) is 28.6. The third-order valence-corrected chi connectivity index (χ3v) is 3.28. The number of rotatable bonds is 2. The van der Waals surface area contributed by atoms with Crippen LogP contribution in [0.3, 0.4) is 0 Å². The van der Waals surface area contributed by atoms with Gasteiger partial charge in [0.25, 0.3) is 11.5 Å². The van der Waals surface area contributed by atoms with Gasteiger partial charge in [-0.05, 0) is 42.8 Å². The first-order chi connectivity index (χ1) is 10.6. The van der Waals surface area contributed by atoms with Crippen molar-refractivity contribution in [1.29, 1.82) is 0 Å². The van der Waals surface area contributed by atoms with Crippen molar-refractivity contribution in [2.75, 3.05) is 5.32 Å². The average Bonchev–Trinajstić information content (AvgIpc) is 2.51. The van der Waals surface area contributed by atoms with E-state index >= 15 is 0 Å². The Bertz CT molecular complexity index is 917. The molecule has 22 heavy (non-hydrogen) atoms. The van der Waals surface area contributed by atoms with E-state index in [4.69, 9.17) is 0 Å². The van der Waals surface area contributed by atoms with Crippen LogP contribution in [0.1, 0.15) is 15.9 Å². The molecule has 0 bridgehead atoms. The number of nitrogens with one attached hydrogen (secondary N) is 1. The summed E-state index contributed by atoms with van der Waals surface area (Å²) < 4.78 is 14.2. The lowest BCUT2D eigenvalue weighted by Crippen LogP contribution is -2.23. The Hall–Kier alpha value is -3.02. The number of anilines is 1. The zero-order chi connectivity index (χ0) is 15.7. The van der Waals surface area contributed by atoms with Gasteiger partial charge in [-0.2, -0.15) is 0 Å². The van der Waals surface area contributed by atoms with Crippen molar-refractivity contribution in [3.05, 3.63) is 76.1 Å². The fourth-order valence-corrected chi connectivity index (χ4v) is 2.13. The summed E-state index contributed by atoms with van der Waals surface area (Å²) in [5, 5.41) is 2.50. The van der Waals surface area contributed by atoms with Crippen LogP contribution in [-0.4, -0.2) is 15.3 Å². The first-order valence-electron chi connectivity index (χ1n) is 6.60. The molecule has 6 heteroatoms. The van der Waals surface area contributed by atoms with Gasteiger partial charge in [0, 0.05) is 11.8 Å². The van der Waals surface area contributed by atoms with Gasteiger partial charge in [-0.25, -0.2) is 9.37 Å². The molecule has 110 valence electrons. The molecule has 3 rings (SSSR count). The Labute approximate surface area is 125 Å². The lowest BCUT2D eigenvalue weighted by molar-refractivity contribution is 0.102. The van der Waals surface area contributed by atoms with Crippen LogP contribution in [0.25, 0.3) is 5.65 Å². The molecule has 0 aliphatic heterocycles. The molecule has 0 saturated heterocycles. The van der Waals surface area contributed by atoms with Gasteiger partial charge in [0.05, 0.1) is 6.20 Å². The van der Waals surface area contributed by atoms with Gasteiger partial charge in [0.15, 0.2) is 0 Å². The van der Waals surface area contributed by atoms with Gasteiger partial charge in [-0.3, -0.25) is 14.0 Å². The number of aromatic nitrogens is 2. The maximum absolute atomic E-state index is 12.9.